The monoisotopic (exact) mass is 203 g/mol. The van der Waals surface area contributed by atoms with Crippen molar-refractivity contribution < 1.29 is 14.8 Å². The highest BCUT2D eigenvalue weighted by Gasteiger charge is 2.11. The second-order valence-corrected chi connectivity index (χ2v) is 3.56. The zero-order valence-electron chi connectivity index (χ0n) is 6.10. The number of aliphatic hydroxyl groups excluding tert-OH is 2. The van der Waals surface area contributed by atoms with Crippen molar-refractivity contribution in [2.24, 2.45) is 5.73 Å². The second-order valence-electron chi connectivity index (χ2n) is 1.94. The van der Waals surface area contributed by atoms with Gasteiger partial charge in [0.2, 0.25) is 0 Å². The van der Waals surface area contributed by atoms with Crippen molar-refractivity contribution >= 4 is 23.6 Å². The van der Waals surface area contributed by atoms with Crippen LogP contribution in [0.5, 0.6) is 0 Å². The molecule has 0 heterocycles. The molecule has 0 saturated heterocycles. The standard InChI is InChI=1S/C5H13NO3S.ClH/c6-1-2-10(9)4-5(8)3-7;/h5,7-8H,1-4,6H2;1H. The van der Waals surface area contributed by atoms with Crippen LogP contribution in [-0.4, -0.2) is 45.5 Å². The van der Waals surface area contributed by atoms with Crippen LogP contribution in [0.25, 0.3) is 0 Å². The first-order valence-corrected chi connectivity index (χ1v) is 4.53. The third-order valence-electron chi connectivity index (χ3n) is 0.935. The molecule has 0 saturated carbocycles. The Kier molecular flexibility index (Phi) is 10.9. The summed E-state index contributed by atoms with van der Waals surface area (Å²) >= 11 is -1.09. The number of hydrogen-bond donors (Lipinski definition) is 3. The predicted molar refractivity (Wildman–Crippen MR) is 47.3 cm³/mol. The minimum atomic E-state index is -1.09. The molecule has 2 atom stereocenters. The van der Waals surface area contributed by atoms with Crippen LogP contribution in [0.1, 0.15) is 0 Å². The summed E-state index contributed by atoms with van der Waals surface area (Å²) in [7, 11) is 0. The number of rotatable bonds is 5. The van der Waals surface area contributed by atoms with Gasteiger partial charge in [-0.25, -0.2) is 0 Å². The molecule has 0 aliphatic rings. The molecule has 4 N–H and O–H groups in total. The number of nitrogens with two attached hydrogens (primary N) is 1. The summed E-state index contributed by atoms with van der Waals surface area (Å²) < 4.78 is 10.8. The van der Waals surface area contributed by atoms with Gasteiger partial charge in [0.15, 0.2) is 0 Å². The van der Waals surface area contributed by atoms with Gasteiger partial charge >= 0.3 is 0 Å². The Hall–Kier alpha value is 0.480. The van der Waals surface area contributed by atoms with Gasteiger partial charge in [-0.2, -0.15) is 0 Å². The Morgan fingerprint density at radius 1 is 1.55 bits per heavy atom. The summed E-state index contributed by atoms with van der Waals surface area (Å²) in [6, 6.07) is 0. The fraction of sp³-hybridized carbons (Fsp3) is 1.00. The van der Waals surface area contributed by atoms with Crippen LogP contribution < -0.4 is 5.73 Å². The van der Waals surface area contributed by atoms with Crippen LogP contribution in [-0.2, 0) is 11.2 Å². The van der Waals surface area contributed by atoms with Gasteiger partial charge in [-0.3, -0.25) is 0 Å². The molecular formula is C5H14ClNO3S. The fourth-order valence-corrected chi connectivity index (χ4v) is 1.45. The van der Waals surface area contributed by atoms with Gasteiger partial charge < -0.3 is 20.5 Å². The van der Waals surface area contributed by atoms with Crippen LogP contribution in [0.15, 0.2) is 0 Å². The normalized spacial score (nSPS) is 15.3. The Labute approximate surface area is 75.4 Å². The average molecular weight is 204 g/mol. The molecule has 0 aliphatic carbocycles. The van der Waals surface area contributed by atoms with Crippen LogP contribution in [0.4, 0.5) is 0 Å². The Morgan fingerprint density at radius 2 is 2.09 bits per heavy atom. The van der Waals surface area contributed by atoms with Crippen molar-refractivity contribution in [1.29, 1.82) is 0 Å². The minimum Gasteiger partial charge on any atom is -0.616 e. The van der Waals surface area contributed by atoms with Gasteiger partial charge in [-0.05, 0) is 11.2 Å². The molecule has 0 spiro atoms. The summed E-state index contributed by atoms with van der Waals surface area (Å²) in [4.78, 5) is 0. The summed E-state index contributed by atoms with van der Waals surface area (Å²) in [5.74, 6) is 0.505. The quantitative estimate of drug-likeness (QED) is 0.473. The van der Waals surface area contributed by atoms with Gasteiger partial charge in [-0.1, -0.05) is 0 Å². The average Bonchev–Trinajstić information content (AvgIpc) is 1.88. The van der Waals surface area contributed by atoms with E-state index < -0.39 is 17.3 Å². The minimum absolute atomic E-state index is 0. The maximum absolute atomic E-state index is 10.8. The van der Waals surface area contributed by atoms with Gasteiger partial charge in [-0.15, -0.1) is 12.4 Å². The molecule has 70 valence electrons. The highest BCUT2D eigenvalue weighted by atomic mass is 35.5. The molecule has 0 amide bonds. The van der Waals surface area contributed by atoms with E-state index in [1.54, 1.807) is 0 Å². The van der Waals surface area contributed by atoms with Gasteiger partial charge in [0, 0.05) is 6.54 Å². The van der Waals surface area contributed by atoms with Crippen LogP contribution >= 0.6 is 12.4 Å². The molecule has 0 radical (unpaired) electrons. The van der Waals surface area contributed by atoms with Gasteiger partial charge in [0.25, 0.3) is 0 Å². The molecule has 0 aliphatic heterocycles. The van der Waals surface area contributed by atoms with Gasteiger partial charge in [0.05, 0.1) is 6.61 Å². The second kappa shape index (κ2) is 8.58. The molecule has 0 aromatic carbocycles. The zero-order chi connectivity index (χ0) is 7.98. The van der Waals surface area contributed by atoms with E-state index in [2.05, 4.69) is 0 Å². The summed E-state index contributed by atoms with van der Waals surface area (Å²) in [5, 5.41) is 17.1. The maximum atomic E-state index is 10.8. The molecule has 0 aromatic rings. The van der Waals surface area contributed by atoms with Crippen LogP contribution in [0, 0.1) is 0 Å². The lowest BCUT2D eigenvalue weighted by Gasteiger charge is -2.11. The molecule has 0 aromatic heterocycles. The number of halogens is 1. The highest BCUT2D eigenvalue weighted by molar-refractivity contribution is 7.91. The largest absolute Gasteiger partial charge is 0.616 e. The highest BCUT2D eigenvalue weighted by Crippen LogP contribution is 1.92. The summed E-state index contributed by atoms with van der Waals surface area (Å²) in [5.41, 5.74) is 5.11. The van der Waals surface area contributed by atoms with Crippen molar-refractivity contribution in [2.75, 3.05) is 24.7 Å². The van der Waals surface area contributed by atoms with E-state index in [9.17, 15) is 4.55 Å². The zero-order valence-corrected chi connectivity index (χ0v) is 7.74. The van der Waals surface area contributed by atoms with E-state index in [0.717, 1.165) is 0 Å². The van der Waals surface area contributed by atoms with Crippen LogP contribution in [0.3, 0.4) is 0 Å². The third-order valence-corrected chi connectivity index (χ3v) is 2.38. The van der Waals surface area contributed by atoms with E-state index >= 15 is 0 Å². The molecule has 11 heavy (non-hydrogen) atoms. The maximum Gasteiger partial charge on any atom is 0.133 e. The number of hydrogen-bond acceptors (Lipinski definition) is 4. The summed E-state index contributed by atoms with van der Waals surface area (Å²) in [6.45, 7) is 0.0150. The first kappa shape index (κ1) is 14.0. The lowest BCUT2D eigenvalue weighted by Crippen LogP contribution is -2.28. The number of aliphatic hydroxyl groups is 2. The molecule has 0 bridgehead atoms. The molecule has 0 rings (SSSR count). The van der Waals surface area contributed by atoms with Gasteiger partial charge in [0.1, 0.15) is 17.6 Å². The first-order chi connectivity index (χ1) is 4.70. The smallest absolute Gasteiger partial charge is 0.133 e. The van der Waals surface area contributed by atoms with E-state index in [4.69, 9.17) is 15.9 Å². The Morgan fingerprint density at radius 3 is 2.45 bits per heavy atom. The van der Waals surface area contributed by atoms with E-state index in [0.29, 0.717) is 12.3 Å². The fourth-order valence-electron chi connectivity index (χ4n) is 0.482. The SMILES string of the molecule is Cl.NCC[S+]([O-])CC(O)CO. The van der Waals surface area contributed by atoms with E-state index in [1.165, 1.54) is 0 Å². The Balaban J connectivity index is 0. The molecule has 0 fully saturated rings. The summed E-state index contributed by atoms with van der Waals surface area (Å²) in [6.07, 6.45) is -0.868. The van der Waals surface area contributed by atoms with Crippen molar-refractivity contribution in [1.82, 2.24) is 0 Å². The van der Waals surface area contributed by atoms with Crippen molar-refractivity contribution in [3.8, 4) is 0 Å². The van der Waals surface area contributed by atoms with Crippen molar-refractivity contribution in [3.05, 3.63) is 0 Å². The van der Waals surface area contributed by atoms with E-state index in [-0.39, 0.29) is 24.8 Å². The Bertz CT molecular complexity index is 88.1. The van der Waals surface area contributed by atoms with Crippen LogP contribution in [0.2, 0.25) is 0 Å². The lowest BCUT2D eigenvalue weighted by atomic mass is 10.4. The van der Waals surface area contributed by atoms with Crippen molar-refractivity contribution in [3.63, 3.8) is 0 Å². The third kappa shape index (κ3) is 8.39. The van der Waals surface area contributed by atoms with Crippen molar-refractivity contribution in [2.45, 2.75) is 6.10 Å². The lowest BCUT2D eigenvalue weighted by molar-refractivity contribution is 0.112. The topological polar surface area (TPSA) is 89.5 Å². The molecule has 2 unspecified atom stereocenters. The molecular weight excluding hydrogens is 190 g/mol. The predicted octanol–water partition coefficient (Wildman–Crippen LogP) is -1.53. The molecule has 4 nitrogen and oxygen atoms in total. The first-order valence-electron chi connectivity index (χ1n) is 3.04. The molecule has 6 heteroatoms. The van der Waals surface area contributed by atoms with E-state index in [1.807, 2.05) is 0 Å².